The predicted octanol–water partition coefficient (Wildman–Crippen LogP) is 6.14. The van der Waals surface area contributed by atoms with E-state index < -0.39 is 0 Å². The number of rotatable bonds is 7. The number of ether oxygens (including phenoxy) is 1. The maximum atomic E-state index is 13.0. The van der Waals surface area contributed by atoms with Gasteiger partial charge in [-0.3, -0.25) is 4.79 Å². The first-order valence-electron chi connectivity index (χ1n) is 8.81. The fourth-order valence-corrected chi connectivity index (χ4v) is 3.86. The Morgan fingerprint density at radius 2 is 1.41 bits per heavy atom. The Bertz CT molecular complexity index is 914. The number of methoxy groups -OCH3 is 1. The Morgan fingerprint density at radius 3 is 2.00 bits per heavy atom. The molecule has 0 spiro atoms. The molecule has 0 saturated carbocycles. The molecule has 0 N–H and O–H groups in total. The van der Waals surface area contributed by atoms with Crippen LogP contribution in [-0.4, -0.2) is 18.6 Å². The van der Waals surface area contributed by atoms with Crippen molar-refractivity contribution in [2.75, 3.05) is 12.9 Å². The summed E-state index contributed by atoms with van der Waals surface area (Å²) >= 11 is 1.73. The van der Waals surface area contributed by atoms with Crippen LogP contribution in [0.25, 0.3) is 5.57 Å². The first-order chi connectivity index (χ1) is 13.2. The van der Waals surface area contributed by atoms with Gasteiger partial charge in [-0.25, -0.2) is 0 Å². The van der Waals surface area contributed by atoms with Gasteiger partial charge in [0.15, 0.2) is 5.78 Å². The highest BCUT2D eigenvalue weighted by Gasteiger charge is 2.15. The van der Waals surface area contributed by atoms with E-state index in [2.05, 4.69) is 12.1 Å². The van der Waals surface area contributed by atoms with Crippen LogP contribution in [0.5, 0.6) is 5.75 Å². The molecule has 0 fully saturated rings. The van der Waals surface area contributed by atoms with Crippen LogP contribution in [0.15, 0.2) is 95.4 Å². The summed E-state index contributed by atoms with van der Waals surface area (Å²) in [6, 6.07) is 27.6. The Morgan fingerprint density at radius 1 is 0.815 bits per heavy atom. The third-order valence-corrected chi connectivity index (χ3v) is 5.43. The van der Waals surface area contributed by atoms with Crippen LogP contribution in [0.1, 0.15) is 22.8 Å². The van der Waals surface area contributed by atoms with Crippen molar-refractivity contribution in [3.63, 3.8) is 0 Å². The van der Waals surface area contributed by atoms with Crippen molar-refractivity contribution in [2.24, 2.45) is 0 Å². The molecular weight excluding hydrogens is 352 g/mol. The zero-order valence-corrected chi connectivity index (χ0v) is 16.3. The highest BCUT2D eigenvalue weighted by Crippen LogP contribution is 2.30. The molecule has 3 heteroatoms. The molecule has 0 radical (unpaired) electrons. The molecular formula is C24H22O2S. The molecule has 3 rings (SSSR count). The number of hydrogen-bond donors (Lipinski definition) is 0. The number of allylic oxidation sites excluding steroid dienone is 1. The Hall–Kier alpha value is -2.78. The van der Waals surface area contributed by atoms with Gasteiger partial charge in [0, 0.05) is 21.8 Å². The molecule has 0 unspecified atom stereocenters. The van der Waals surface area contributed by atoms with Crippen molar-refractivity contribution in [1.29, 1.82) is 0 Å². The van der Waals surface area contributed by atoms with Crippen molar-refractivity contribution in [1.82, 2.24) is 0 Å². The van der Waals surface area contributed by atoms with Crippen molar-refractivity contribution < 1.29 is 9.53 Å². The maximum absolute atomic E-state index is 13.0. The summed E-state index contributed by atoms with van der Waals surface area (Å²) in [5.74, 6) is 1.59. The zero-order chi connectivity index (χ0) is 19.1. The van der Waals surface area contributed by atoms with Crippen LogP contribution >= 0.6 is 11.8 Å². The third kappa shape index (κ3) is 4.89. The van der Waals surface area contributed by atoms with Gasteiger partial charge in [0.05, 0.1) is 7.11 Å². The molecule has 0 heterocycles. The summed E-state index contributed by atoms with van der Waals surface area (Å²) in [4.78, 5) is 14.2. The smallest absolute Gasteiger partial charge is 0.189 e. The molecule has 136 valence electrons. The molecule has 0 aliphatic rings. The minimum atomic E-state index is 0.0649. The van der Waals surface area contributed by atoms with Gasteiger partial charge in [-0.1, -0.05) is 60.7 Å². The molecule has 3 aromatic carbocycles. The lowest BCUT2D eigenvalue weighted by atomic mass is 9.96. The number of Topliss-reactive ketones (excluding diaryl/α,β-unsaturated/α-hetero) is 1. The number of carbonyl (C=O) groups excluding carboxylic acids is 1. The Balaban J connectivity index is 1.95. The molecule has 0 bridgehead atoms. The summed E-state index contributed by atoms with van der Waals surface area (Å²) < 4.78 is 5.27. The normalized spacial score (nSPS) is 11.6. The lowest BCUT2D eigenvalue weighted by Gasteiger charge is -2.13. The lowest BCUT2D eigenvalue weighted by Crippen LogP contribution is -2.05. The average molecular weight is 375 g/mol. The number of benzene rings is 3. The Labute approximate surface area is 164 Å². The summed E-state index contributed by atoms with van der Waals surface area (Å²) in [7, 11) is 1.65. The van der Waals surface area contributed by atoms with Gasteiger partial charge in [-0.15, -0.1) is 11.8 Å². The van der Waals surface area contributed by atoms with E-state index in [1.807, 2.05) is 79.7 Å². The standard InChI is InChI=1S/C24H22O2S/c1-18(24(25)20-9-5-3-6-10-20)23(17-27-22-11-7-4-8-12-22)19-13-15-21(26-2)16-14-19/h3-16H,17H2,1-2H3/b23-18+. The average Bonchev–Trinajstić information content (AvgIpc) is 2.75. The topological polar surface area (TPSA) is 26.3 Å². The van der Waals surface area contributed by atoms with Gasteiger partial charge in [-0.05, 0) is 42.3 Å². The van der Waals surface area contributed by atoms with Gasteiger partial charge in [0.1, 0.15) is 5.75 Å². The van der Waals surface area contributed by atoms with Gasteiger partial charge in [0.2, 0.25) is 0 Å². The van der Waals surface area contributed by atoms with E-state index in [0.717, 1.165) is 28.2 Å². The first-order valence-corrected chi connectivity index (χ1v) is 9.79. The van der Waals surface area contributed by atoms with E-state index >= 15 is 0 Å². The fourth-order valence-electron chi connectivity index (χ4n) is 2.82. The maximum Gasteiger partial charge on any atom is 0.189 e. The summed E-state index contributed by atoms with van der Waals surface area (Å²) in [6.45, 7) is 1.92. The fraction of sp³-hybridized carbons (Fsp3) is 0.125. The summed E-state index contributed by atoms with van der Waals surface area (Å²) in [6.07, 6.45) is 0. The molecule has 27 heavy (non-hydrogen) atoms. The molecule has 0 aliphatic heterocycles. The van der Waals surface area contributed by atoms with Gasteiger partial charge < -0.3 is 4.74 Å². The molecule has 0 saturated heterocycles. The predicted molar refractivity (Wildman–Crippen MR) is 114 cm³/mol. The van der Waals surface area contributed by atoms with E-state index in [1.165, 1.54) is 4.90 Å². The van der Waals surface area contributed by atoms with Crippen LogP contribution in [0.2, 0.25) is 0 Å². The zero-order valence-electron chi connectivity index (χ0n) is 15.5. The van der Waals surface area contributed by atoms with Crippen molar-refractivity contribution in [3.8, 4) is 5.75 Å². The SMILES string of the molecule is COc1ccc(/C(CSc2ccccc2)=C(\C)C(=O)c2ccccc2)cc1. The molecule has 0 aliphatic carbocycles. The molecule has 3 aromatic rings. The van der Waals surface area contributed by atoms with Crippen LogP contribution in [0.4, 0.5) is 0 Å². The first kappa shape index (κ1) is 19.0. The minimum absolute atomic E-state index is 0.0649. The second-order valence-corrected chi connectivity index (χ2v) is 7.18. The van der Waals surface area contributed by atoms with E-state index in [4.69, 9.17) is 4.74 Å². The van der Waals surface area contributed by atoms with Crippen LogP contribution in [0, 0.1) is 0 Å². The quantitative estimate of drug-likeness (QED) is 0.282. The van der Waals surface area contributed by atoms with E-state index in [1.54, 1.807) is 18.9 Å². The number of carbonyl (C=O) groups is 1. The van der Waals surface area contributed by atoms with Crippen molar-refractivity contribution in [2.45, 2.75) is 11.8 Å². The number of thioether (sulfide) groups is 1. The molecule has 0 atom stereocenters. The van der Waals surface area contributed by atoms with E-state index in [9.17, 15) is 4.79 Å². The van der Waals surface area contributed by atoms with Gasteiger partial charge >= 0.3 is 0 Å². The largest absolute Gasteiger partial charge is 0.497 e. The van der Waals surface area contributed by atoms with Crippen molar-refractivity contribution in [3.05, 3.63) is 102 Å². The van der Waals surface area contributed by atoms with E-state index in [-0.39, 0.29) is 5.78 Å². The highest BCUT2D eigenvalue weighted by atomic mass is 32.2. The lowest BCUT2D eigenvalue weighted by molar-refractivity contribution is 0.103. The van der Waals surface area contributed by atoms with Crippen LogP contribution in [0.3, 0.4) is 0 Å². The molecule has 2 nitrogen and oxygen atoms in total. The summed E-state index contributed by atoms with van der Waals surface area (Å²) in [5.41, 5.74) is 3.57. The highest BCUT2D eigenvalue weighted by molar-refractivity contribution is 7.99. The monoisotopic (exact) mass is 374 g/mol. The summed E-state index contributed by atoms with van der Waals surface area (Å²) in [5, 5.41) is 0. The van der Waals surface area contributed by atoms with E-state index in [0.29, 0.717) is 5.56 Å². The van der Waals surface area contributed by atoms with Crippen LogP contribution < -0.4 is 4.74 Å². The van der Waals surface area contributed by atoms with Crippen molar-refractivity contribution >= 4 is 23.1 Å². The van der Waals surface area contributed by atoms with Gasteiger partial charge in [0.25, 0.3) is 0 Å². The minimum Gasteiger partial charge on any atom is -0.497 e. The number of hydrogen-bond acceptors (Lipinski definition) is 3. The van der Waals surface area contributed by atoms with Crippen LogP contribution in [-0.2, 0) is 0 Å². The Kier molecular flexibility index (Phi) is 6.50. The van der Waals surface area contributed by atoms with Gasteiger partial charge in [-0.2, -0.15) is 0 Å². The second-order valence-electron chi connectivity index (χ2n) is 6.13. The molecule has 0 amide bonds. The third-order valence-electron chi connectivity index (χ3n) is 4.39. The second kappa shape index (κ2) is 9.24. The molecule has 0 aromatic heterocycles. The number of ketones is 1.